The molecule has 0 saturated heterocycles. The minimum absolute atomic E-state index is 0. The van der Waals surface area contributed by atoms with Crippen molar-refractivity contribution in [1.82, 2.24) is 0 Å². The van der Waals surface area contributed by atoms with Crippen molar-refractivity contribution in [1.29, 1.82) is 0 Å². The van der Waals surface area contributed by atoms with E-state index < -0.39 is 22.1 Å². The van der Waals surface area contributed by atoms with Crippen LogP contribution in [0, 0.1) is 0 Å². The molecular weight excluding hydrogens is 319 g/mol. The minimum atomic E-state index is -0.500. The number of hydrogen-bond acceptors (Lipinski definition) is 6. The molecule has 0 bridgehead atoms. The molecule has 6 nitrogen and oxygen atoms in total. The van der Waals surface area contributed by atoms with Gasteiger partial charge in [0.15, 0.2) is 0 Å². The van der Waals surface area contributed by atoms with E-state index in [1.165, 1.54) is 0 Å². The second-order valence-electron chi connectivity index (χ2n) is 0.289. The minimum Gasteiger partial charge on any atom is 3.00 e. The van der Waals surface area contributed by atoms with Crippen LogP contribution in [0.15, 0.2) is 0 Å². The Hall–Kier alpha value is -0.369. The van der Waals surface area contributed by atoms with Gasteiger partial charge in [-0.05, 0) is 0 Å². The molecule has 0 aromatic heterocycles. The summed E-state index contributed by atoms with van der Waals surface area (Å²) in [7, 11) is -1.50. The molecule has 1 radical (unpaired) electrons. The summed E-state index contributed by atoms with van der Waals surface area (Å²) in [5.74, 6) is 0. The Morgan fingerprint density at radius 1 is 0.700 bits per heavy atom. The third-order valence-corrected chi connectivity index (χ3v) is 0. The van der Waals surface area contributed by atoms with Crippen molar-refractivity contribution in [2.75, 3.05) is 0 Å². The average Bonchev–Trinajstić information content (AvgIpc) is 1.70. The molecule has 0 aliphatic heterocycles. The van der Waals surface area contributed by atoms with Crippen LogP contribution in [0.2, 0.25) is 0 Å². The van der Waals surface area contributed by atoms with Crippen LogP contribution in [-0.4, -0.2) is 22.1 Å². The predicted molar refractivity (Wildman–Crippen MR) is 19.3 cm³/mol. The molecule has 0 aliphatic rings. The van der Waals surface area contributed by atoms with Crippen molar-refractivity contribution < 1.29 is 49.0 Å². The summed E-state index contributed by atoms with van der Waals surface area (Å²) in [6.45, 7) is 0. The zero-order chi connectivity index (χ0) is 8.12. The van der Waals surface area contributed by atoms with Crippen molar-refractivity contribution in [2.24, 2.45) is 0 Å². The van der Waals surface area contributed by atoms with Gasteiger partial charge in [-0.25, -0.2) is 0 Å². The van der Waals surface area contributed by atoms with Gasteiger partial charge in [0.05, 0.1) is 0 Å². The van der Waals surface area contributed by atoms with E-state index in [0.717, 1.165) is 0 Å². The first-order valence-corrected chi connectivity index (χ1v) is 1.41. The van der Waals surface area contributed by atoms with Crippen LogP contribution < -0.4 is 15.1 Å². The molecular formula is B3O6Os. The molecule has 0 aromatic rings. The van der Waals surface area contributed by atoms with E-state index in [1.54, 1.807) is 0 Å². The molecule has 0 heterocycles. The van der Waals surface area contributed by atoms with Crippen molar-refractivity contribution in [2.45, 2.75) is 0 Å². The summed E-state index contributed by atoms with van der Waals surface area (Å²) < 4.78 is 24.8. The van der Waals surface area contributed by atoms with E-state index in [0.29, 0.717) is 0 Å². The maximum absolute atomic E-state index is 8.25. The normalized spacial score (nSPS) is 2.40. The van der Waals surface area contributed by atoms with Gasteiger partial charge in [0, 0.05) is 0 Å². The first kappa shape index (κ1) is 22.6. The molecule has 0 fully saturated rings. The van der Waals surface area contributed by atoms with Gasteiger partial charge >= 0.3 is 71.0 Å². The van der Waals surface area contributed by atoms with Gasteiger partial charge in [-0.2, -0.15) is 0 Å². The molecule has 0 aromatic carbocycles. The molecule has 53 valence electrons. The fourth-order valence-corrected chi connectivity index (χ4v) is 0. The number of rotatable bonds is 0. The van der Waals surface area contributed by atoms with E-state index >= 15 is 0 Å². The van der Waals surface area contributed by atoms with E-state index in [9.17, 15) is 0 Å². The van der Waals surface area contributed by atoms with Crippen LogP contribution in [0.1, 0.15) is 0 Å². The van der Waals surface area contributed by atoms with Gasteiger partial charge in [0.2, 0.25) is 0 Å². The summed E-state index contributed by atoms with van der Waals surface area (Å²) in [5.41, 5.74) is 0. The van der Waals surface area contributed by atoms with Crippen molar-refractivity contribution in [3.63, 3.8) is 0 Å². The second kappa shape index (κ2) is 72.6. The number of hydrogen-bond donors (Lipinski definition) is 0. The Morgan fingerprint density at radius 2 is 0.700 bits per heavy atom. The maximum Gasteiger partial charge on any atom is 3.00 e. The van der Waals surface area contributed by atoms with Crippen LogP contribution in [0.3, 0.4) is 0 Å². The molecule has 0 aliphatic carbocycles. The van der Waals surface area contributed by atoms with Gasteiger partial charge in [0.1, 0.15) is 0 Å². The summed E-state index contributed by atoms with van der Waals surface area (Å²) in [5, 5.41) is 24.8. The van der Waals surface area contributed by atoms with Crippen LogP contribution in [-0.2, 0) is 33.9 Å². The van der Waals surface area contributed by atoms with Crippen molar-refractivity contribution >= 4 is 22.1 Å². The smallest absolute Gasteiger partial charge is 3.00 e. The Morgan fingerprint density at radius 3 is 0.700 bits per heavy atom. The SMILES string of the molecule is O=B[O-].O=B[O-].O=B[O-].[Os+3]. The van der Waals surface area contributed by atoms with Crippen LogP contribution in [0.25, 0.3) is 0 Å². The molecule has 0 atom stereocenters. The Kier molecular flexibility index (Phi) is 164. The molecule has 0 unspecified atom stereocenters. The molecule has 10 heteroatoms. The predicted octanol–water partition coefficient (Wildman–Crippen LogP) is -5.07. The monoisotopic (exact) mass is 321 g/mol. The maximum atomic E-state index is 8.25. The third kappa shape index (κ3) is 2470. The first-order chi connectivity index (χ1) is 4.24. The topological polar surface area (TPSA) is 120 Å². The average molecular weight is 319 g/mol. The first-order valence-electron chi connectivity index (χ1n) is 1.41. The largest absolute Gasteiger partial charge is 3.00 e. The van der Waals surface area contributed by atoms with E-state index in [2.05, 4.69) is 0 Å². The quantitative estimate of drug-likeness (QED) is 0.412. The molecule has 0 N–H and O–H groups in total. The standard InChI is InChI=1S/3BO2.Os/c3*2-1-3;/q3*-1;+3. The van der Waals surface area contributed by atoms with Crippen LogP contribution in [0.4, 0.5) is 0 Å². The second-order valence-corrected chi connectivity index (χ2v) is 0.289. The third-order valence-electron chi connectivity index (χ3n) is 0. The Balaban J connectivity index is -0.0000000257. The Labute approximate surface area is 71.5 Å². The molecule has 10 heavy (non-hydrogen) atoms. The summed E-state index contributed by atoms with van der Waals surface area (Å²) in [6.07, 6.45) is 0. The van der Waals surface area contributed by atoms with Crippen molar-refractivity contribution in [3.8, 4) is 0 Å². The van der Waals surface area contributed by atoms with E-state index in [4.69, 9.17) is 29.2 Å². The molecule has 0 spiro atoms. The fraction of sp³-hybridized carbons (Fsp3) is 0. The van der Waals surface area contributed by atoms with Gasteiger partial charge in [-0.15, -0.1) is 0 Å². The van der Waals surface area contributed by atoms with Gasteiger partial charge in [0.25, 0.3) is 0 Å². The van der Waals surface area contributed by atoms with Crippen LogP contribution in [0.5, 0.6) is 0 Å². The zero-order valence-corrected chi connectivity index (χ0v) is 7.08. The molecule has 0 rings (SSSR count). The zero-order valence-electron chi connectivity index (χ0n) is 4.54. The van der Waals surface area contributed by atoms with Crippen molar-refractivity contribution in [3.05, 3.63) is 0 Å². The van der Waals surface area contributed by atoms with Gasteiger partial charge in [-0.3, -0.25) is 0 Å². The van der Waals surface area contributed by atoms with E-state index in [1.807, 2.05) is 0 Å². The van der Waals surface area contributed by atoms with Gasteiger partial charge < -0.3 is 0 Å². The molecule has 0 amide bonds. The Bertz CT molecular complexity index is 49.7. The molecule has 0 saturated carbocycles. The fourth-order valence-electron chi connectivity index (χ4n) is 0. The van der Waals surface area contributed by atoms with Gasteiger partial charge in [-0.1, -0.05) is 0 Å². The summed E-state index contributed by atoms with van der Waals surface area (Å²) in [6, 6.07) is 0. The summed E-state index contributed by atoms with van der Waals surface area (Å²) >= 11 is 0. The summed E-state index contributed by atoms with van der Waals surface area (Å²) in [4.78, 5) is 0. The van der Waals surface area contributed by atoms with E-state index in [-0.39, 0.29) is 19.8 Å². The van der Waals surface area contributed by atoms with Crippen LogP contribution >= 0.6 is 0 Å².